The van der Waals surface area contributed by atoms with E-state index in [-0.39, 0.29) is 12.0 Å². The van der Waals surface area contributed by atoms with Crippen LogP contribution in [0.1, 0.15) is 37.2 Å². The molecule has 1 aliphatic carbocycles. The Hall–Kier alpha value is -1.02. The van der Waals surface area contributed by atoms with E-state index in [1.807, 2.05) is 18.2 Å². The third-order valence-corrected chi connectivity index (χ3v) is 4.03. The molecule has 0 spiro atoms. The van der Waals surface area contributed by atoms with E-state index >= 15 is 0 Å². The Morgan fingerprint density at radius 1 is 1.19 bits per heavy atom. The van der Waals surface area contributed by atoms with E-state index in [4.69, 9.17) is 4.74 Å². The van der Waals surface area contributed by atoms with Gasteiger partial charge in [-0.25, -0.2) is 0 Å². The maximum atomic E-state index is 10.4. The van der Waals surface area contributed by atoms with Crippen LogP contribution in [0.3, 0.4) is 0 Å². The molecule has 0 bridgehead atoms. The molecule has 2 aliphatic rings. The highest BCUT2D eigenvalue weighted by atomic mass is 16.5. The molecule has 1 heterocycles. The lowest BCUT2D eigenvalue weighted by Crippen LogP contribution is -2.27. The molecule has 1 fully saturated rings. The van der Waals surface area contributed by atoms with Crippen LogP contribution in [0.2, 0.25) is 0 Å². The van der Waals surface area contributed by atoms with Crippen LogP contribution in [0.25, 0.3) is 0 Å². The van der Waals surface area contributed by atoms with E-state index < -0.39 is 0 Å². The van der Waals surface area contributed by atoms with Crippen molar-refractivity contribution in [1.82, 2.24) is 0 Å². The molecule has 0 radical (unpaired) electrons. The molecule has 86 valence electrons. The Kier molecular flexibility index (Phi) is 2.60. The predicted octanol–water partition coefficient (Wildman–Crippen LogP) is 2.71. The van der Waals surface area contributed by atoms with E-state index in [0.717, 1.165) is 5.75 Å². The van der Waals surface area contributed by atoms with Gasteiger partial charge in [0.15, 0.2) is 0 Å². The Bertz CT molecular complexity index is 369. The van der Waals surface area contributed by atoms with Crippen LogP contribution in [0.4, 0.5) is 0 Å². The number of hydrogen-bond donors (Lipinski definition) is 1. The van der Waals surface area contributed by atoms with Crippen molar-refractivity contribution in [3.05, 3.63) is 29.8 Å². The first kappa shape index (κ1) is 10.2. The van der Waals surface area contributed by atoms with Gasteiger partial charge in [0.1, 0.15) is 5.75 Å². The first-order valence-corrected chi connectivity index (χ1v) is 6.26. The van der Waals surface area contributed by atoms with E-state index in [1.165, 1.54) is 31.2 Å². The van der Waals surface area contributed by atoms with E-state index in [2.05, 4.69) is 6.07 Å². The second-order valence-corrected chi connectivity index (χ2v) is 4.99. The summed E-state index contributed by atoms with van der Waals surface area (Å²) >= 11 is 0. The van der Waals surface area contributed by atoms with Gasteiger partial charge in [-0.3, -0.25) is 0 Å². The van der Waals surface area contributed by atoms with Crippen LogP contribution in [0, 0.1) is 5.92 Å². The maximum Gasteiger partial charge on any atom is 0.123 e. The van der Waals surface area contributed by atoms with Crippen LogP contribution in [-0.4, -0.2) is 17.8 Å². The fourth-order valence-corrected chi connectivity index (χ4v) is 3.10. The average Bonchev–Trinajstić information content (AvgIpc) is 2.98. The van der Waals surface area contributed by atoms with Crippen molar-refractivity contribution in [3.63, 3.8) is 0 Å². The summed E-state index contributed by atoms with van der Waals surface area (Å²) in [5.74, 6) is 1.64. The molecule has 2 heteroatoms. The van der Waals surface area contributed by atoms with Crippen molar-refractivity contribution >= 4 is 0 Å². The highest BCUT2D eigenvalue weighted by molar-refractivity contribution is 5.40. The van der Waals surface area contributed by atoms with Gasteiger partial charge in [0.2, 0.25) is 0 Å². The number of para-hydroxylation sites is 1. The second-order valence-electron chi connectivity index (χ2n) is 4.99. The van der Waals surface area contributed by atoms with Gasteiger partial charge in [-0.05, 0) is 24.8 Å². The number of aliphatic hydroxyl groups excluding tert-OH is 1. The molecule has 1 aromatic carbocycles. The summed E-state index contributed by atoms with van der Waals surface area (Å²) in [4.78, 5) is 0. The molecule has 0 amide bonds. The molecule has 16 heavy (non-hydrogen) atoms. The normalized spacial score (nSPS) is 26.4. The molecule has 2 atom stereocenters. The van der Waals surface area contributed by atoms with Gasteiger partial charge in [-0.15, -0.1) is 0 Å². The Morgan fingerprint density at radius 3 is 2.75 bits per heavy atom. The molecular formula is C14H18O2. The van der Waals surface area contributed by atoms with E-state index in [9.17, 15) is 5.11 Å². The molecule has 2 unspecified atom stereocenters. The van der Waals surface area contributed by atoms with Crippen molar-refractivity contribution in [1.29, 1.82) is 0 Å². The average molecular weight is 218 g/mol. The van der Waals surface area contributed by atoms with Crippen LogP contribution < -0.4 is 4.74 Å². The van der Waals surface area contributed by atoms with Crippen molar-refractivity contribution in [2.24, 2.45) is 5.92 Å². The Balaban J connectivity index is 1.81. The summed E-state index contributed by atoms with van der Waals surface area (Å²) in [6.45, 7) is 0.650. The van der Waals surface area contributed by atoms with Gasteiger partial charge < -0.3 is 9.84 Å². The zero-order valence-corrected chi connectivity index (χ0v) is 9.43. The quantitative estimate of drug-likeness (QED) is 0.827. The molecular weight excluding hydrogens is 200 g/mol. The minimum absolute atomic E-state index is 0.194. The fourth-order valence-electron chi connectivity index (χ4n) is 3.10. The predicted molar refractivity (Wildman–Crippen MR) is 62.6 cm³/mol. The van der Waals surface area contributed by atoms with Crippen molar-refractivity contribution in [2.75, 3.05) is 6.61 Å². The molecule has 2 nitrogen and oxygen atoms in total. The fraction of sp³-hybridized carbons (Fsp3) is 0.571. The molecule has 3 rings (SSSR count). The first-order chi connectivity index (χ1) is 7.86. The number of hydrogen-bond acceptors (Lipinski definition) is 2. The number of ether oxygens (including phenoxy) is 1. The van der Waals surface area contributed by atoms with Gasteiger partial charge in [-0.1, -0.05) is 31.0 Å². The maximum absolute atomic E-state index is 10.4. The number of rotatable bonds is 2. The minimum atomic E-state index is -0.217. The lowest BCUT2D eigenvalue weighted by atomic mass is 9.86. The van der Waals surface area contributed by atoms with Crippen LogP contribution in [0.15, 0.2) is 24.3 Å². The van der Waals surface area contributed by atoms with Gasteiger partial charge in [0, 0.05) is 11.5 Å². The van der Waals surface area contributed by atoms with Gasteiger partial charge in [0.05, 0.1) is 12.7 Å². The zero-order chi connectivity index (χ0) is 11.0. The smallest absolute Gasteiger partial charge is 0.123 e. The lowest BCUT2D eigenvalue weighted by molar-refractivity contribution is 0.0742. The summed E-state index contributed by atoms with van der Waals surface area (Å²) < 4.78 is 5.63. The first-order valence-electron chi connectivity index (χ1n) is 6.26. The summed E-state index contributed by atoms with van der Waals surface area (Å²) in [7, 11) is 0. The lowest BCUT2D eigenvalue weighted by Gasteiger charge is -2.23. The summed E-state index contributed by atoms with van der Waals surface area (Å²) in [6.07, 6.45) is 4.69. The third-order valence-electron chi connectivity index (χ3n) is 4.03. The SMILES string of the molecule is OC(C1CCCC1)C1COc2ccccc21. The molecule has 0 aromatic heterocycles. The minimum Gasteiger partial charge on any atom is -0.493 e. The molecule has 0 saturated heterocycles. The van der Waals surface area contributed by atoms with Crippen LogP contribution in [-0.2, 0) is 0 Å². The van der Waals surface area contributed by atoms with Crippen LogP contribution in [0.5, 0.6) is 5.75 Å². The summed E-state index contributed by atoms with van der Waals surface area (Å²) in [5, 5.41) is 10.4. The Labute approximate surface area is 96.2 Å². The topological polar surface area (TPSA) is 29.5 Å². The molecule has 1 N–H and O–H groups in total. The number of benzene rings is 1. The monoisotopic (exact) mass is 218 g/mol. The van der Waals surface area contributed by atoms with Crippen molar-refractivity contribution in [2.45, 2.75) is 37.7 Å². The highest BCUT2D eigenvalue weighted by Crippen LogP contribution is 2.41. The van der Waals surface area contributed by atoms with Crippen molar-refractivity contribution in [3.8, 4) is 5.75 Å². The third kappa shape index (κ3) is 1.61. The van der Waals surface area contributed by atoms with Gasteiger partial charge in [0.25, 0.3) is 0 Å². The van der Waals surface area contributed by atoms with E-state index in [0.29, 0.717) is 12.5 Å². The second kappa shape index (κ2) is 4.10. The zero-order valence-electron chi connectivity index (χ0n) is 9.43. The number of fused-ring (bicyclic) bond motifs is 1. The molecule has 1 saturated carbocycles. The van der Waals surface area contributed by atoms with Crippen LogP contribution >= 0.6 is 0 Å². The largest absolute Gasteiger partial charge is 0.493 e. The van der Waals surface area contributed by atoms with Crippen molar-refractivity contribution < 1.29 is 9.84 Å². The van der Waals surface area contributed by atoms with Gasteiger partial charge >= 0.3 is 0 Å². The van der Waals surface area contributed by atoms with E-state index in [1.54, 1.807) is 0 Å². The standard InChI is InChI=1S/C14H18O2/c15-14(10-5-1-2-6-10)12-9-16-13-8-4-3-7-11(12)13/h3-4,7-8,10,12,14-15H,1-2,5-6,9H2. The molecule has 1 aliphatic heterocycles. The molecule has 1 aromatic rings. The number of aliphatic hydroxyl groups is 1. The summed E-state index contributed by atoms with van der Waals surface area (Å²) in [6, 6.07) is 8.10. The Morgan fingerprint density at radius 2 is 1.94 bits per heavy atom. The highest BCUT2D eigenvalue weighted by Gasteiger charge is 2.35. The summed E-state index contributed by atoms with van der Waals surface area (Å²) in [5.41, 5.74) is 1.20. The van der Waals surface area contributed by atoms with Gasteiger partial charge in [-0.2, -0.15) is 0 Å².